The summed E-state index contributed by atoms with van der Waals surface area (Å²) in [4.78, 5) is 10.8. The molecule has 1 aliphatic rings. The molecule has 0 bridgehead atoms. The van der Waals surface area contributed by atoms with E-state index in [0.717, 1.165) is 0 Å². The Morgan fingerprint density at radius 2 is 1.84 bits per heavy atom. The number of aliphatic carboxylic acids is 1. The van der Waals surface area contributed by atoms with E-state index in [1.165, 1.54) is 0 Å². The summed E-state index contributed by atoms with van der Waals surface area (Å²) in [5.74, 6) is -1.80. The van der Waals surface area contributed by atoms with E-state index in [2.05, 4.69) is 0 Å². The molecule has 0 saturated carbocycles. The lowest BCUT2D eigenvalue weighted by Crippen LogP contribution is -2.47. The smallest absolute Gasteiger partial charge is 0.321 e. The normalized spacial score (nSPS) is 21.9. The van der Waals surface area contributed by atoms with Gasteiger partial charge in [0.25, 0.3) is 0 Å². The molecule has 1 heterocycles. The number of nitrogens with one attached hydrogen (secondary N) is 1. The number of carboxylic acids is 1. The number of carboxylic acid groups (broad SMARTS) is 1. The second kappa shape index (κ2) is 6.16. The van der Waals surface area contributed by atoms with Crippen molar-refractivity contribution in [2.45, 2.75) is 30.6 Å². The summed E-state index contributed by atoms with van der Waals surface area (Å²) in [7, 11) is -7.09. The summed E-state index contributed by atoms with van der Waals surface area (Å²) in [5, 5.41) is 16.6. The fourth-order valence-electron chi connectivity index (χ4n) is 1.84. The van der Waals surface area contributed by atoms with Crippen molar-refractivity contribution < 1.29 is 31.8 Å². The van der Waals surface area contributed by atoms with Crippen molar-refractivity contribution in [2.24, 2.45) is 0 Å². The highest BCUT2D eigenvalue weighted by atomic mass is 32.2. The van der Waals surface area contributed by atoms with Gasteiger partial charge in [0.1, 0.15) is 15.9 Å². The fourth-order valence-corrected chi connectivity index (χ4v) is 5.29. The lowest BCUT2D eigenvalue weighted by molar-refractivity contribution is -0.139. The summed E-state index contributed by atoms with van der Waals surface area (Å²) >= 11 is 0. The van der Waals surface area contributed by atoms with Gasteiger partial charge in [-0.1, -0.05) is 0 Å². The van der Waals surface area contributed by atoms with Crippen LogP contribution in [0.2, 0.25) is 0 Å². The predicted molar refractivity (Wildman–Crippen MR) is 66.9 cm³/mol. The highest BCUT2D eigenvalue weighted by Crippen LogP contribution is 2.19. The molecule has 0 aliphatic carbocycles. The molecule has 1 rings (SSSR count). The second-order valence-corrected chi connectivity index (χ2v) is 8.71. The Kier molecular flexibility index (Phi) is 5.30. The molecule has 1 fully saturated rings. The van der Waals surface area contributed by atoms with Gasteiger partial charge in [0.2, 0.25) is 10.0 Å². The molecule has 0 spiro atoms. The highest BCUT2D eigenvalue weighted by Gasteiger charge is 2.35. The van der Waals surface area contributed by atoms with E-state index in [-0.39, 0.29) is 30.8 Å². The first kappa shape index (κ1) is 16.3. The molecule has 1 aliphatic heterocycles. The van der Waals surface area contributed by atoms with Crippen LogP contribution in [0.1, 0.15) is 19.3 Å². The number of hydrogen-bond donors (Lipinski definition) is 3. The molecule has 0 aromatic rings. The zero-order chi connectivity index (χ0) is 14.7. The van der Waals surface area contributed by atoms with Gasteiger partial charge in [-0.15, -0.1) is 0 Å². The molecule has 112 valence electrons. The van der Waals surface area contributed by atoms with Gasteiger partial charge < -0.3 is 10.2 Å². The average Bonchev–Trinajstić information content (AvgIpc) is 2.27. The monoisotopic (exact) mass is 315 g/mol. The Bertz CT molecular complexity index is 511. The van der Waals surface area contributed by atoms with Gasteiger partial charge in [0.15, 0.2) is 0 Å². The van der Waals surface area contributed by atoms with E-state index in [9.17, 15) is 21.6 Å². The molecular formula is C9H17NO7S2. The zero-order valence-corrected chi connectivity index (χ0v) is 11.8. The summed E-state index contributed by atoms with van der Waals surface area (Å²) in [6.45, 7) is -0.460. The maximum Gasteiger partial charge on any atom is 0.321 e. The fraction of sp³-hybridized carbons (Fsp3) is 0.889. The van der Waals surface area contributed by atoms with Crippen LogP contribution in [0.15, 0.2) is 0 Å². The van der Waals surface area contributed by atoms with E-state index < -0.39 is 43.7 Å². The standard InChI is InChI=1S/C9H17NO7S2/c11-4-1-8(9(12)13)10-19(16,17)7-2-5-18(14,15)6-3-7/h7-8,10-11H,1-6H2,(H,12,13). The third-order valence-electron chi connectivity index (χ3n) is 2.96. The molecule has 3 N–H and O–H groups in total. The number of carbonyl (C=O) groups is 1. The van der Waals surface area contributed by atoms with Gasteiger partial charge in [-0.2, -0.15) is 0 Å². The average molecular weight is 315 g/mol. The van der Waals surface area contributed by atoms with Gasteiger partial charge in [0, 0.05) is 6.61 Å². The van der Waals surface area contributed by atoms with E-state index in [4.69, 9.17) is 10.2 Å². The van der Waals surface area contributed by atoms with Gasteiger partial charge in [-0.05, 0) is 19.3 Å². The topological polar surface area (TPSA) is 138 Å². The van der Waals surface area contributed by atoms with Crippen LogP contribution in [-0.2, 0) is 24.7 Å². The maximum absolute atomic E-state index is 11.9. The zero-order valence-electron chi connectivity index (χ0n) is 10.1. The van der Waals surface area contributed by atoms with Crippen LogP contribution in [0.3, 0.4) is 0 Å². The predicted octanol–water partition coefficient (Wildman–Crippen LogP) is -1.68. The number of sulfone groups is 1. The number of rotatable bonds is 6. The first-order chi connectivity index (χ1) is 8.68. The molecule has 1 atom stereocenters. The minimum absolute atomic E-state index is 0.0386. The molecule has 10 heteroatoms. The van der Waals surface area contributed by atoms with Crippen LogP contribution in [0.5, 0.6) is 0 Å². The molecule has 0 radical (unpaired) electrons. The number of aliphatic hydroxyl groups excluding tert-OH is 1. The molecule has 0 aromatic carbocycles. The van der Waals surface area contributed by atoms with E-state index >= 15 is 0 Å². The third kappa shape index (κ3) is 4.71. The third-order valence-corrected chi connectivity index (χ3v) is 6.64. The summed E-state index contributed by atoms with van der Waals surface area (Å²) in [5.41, 5.74) is 0. The van der Waals surface area contributed by atoms with Gasteiger partial charge in [-0.25, -0.2) is 21.6 Å². The second-order valence-electron chi connectivity index (χ2n) is 4.42. The van der Waals surface area contributed by atoms with E-state index in [1.54, 1.807) is 0 Å². The van der Waals surface area contributed by atoms with Gasteiger partial charge >= 0.3 is 5.97 Å². The summed E-state index contributed by atoms with van der Waals surface area (Å²) < 4.78 is 48.3. The lowest BCUT2D eigenvalue weighted by atomic mass is 10.2. The van der Waals surface area contributed by atoms with Crippen molar-refractivity contribution in [1.29, 1.82) is 0 Å². The van der Waals surface area contributed by atoms with E-state index in [1.807, 2.05) is 4.72 Å². The van der Waals surface area contributed by atoms with Crippen LogP contribution >= 0.6 is 0 Å². The quantitative estimate of drug-likeness (QED) is 0.532. The minimum Gasteiger partial charge on any atom is -0.480 e. The van der Waals surface area contributed by atoms with Crippen molar-refractivity contribution in [3.63, 3.8) is 0 Å². The minimum atomic E-state index is -3.91. The van der Waals surface area contributed by atoms with Gasteiger partial charge in [0.05, 0.1) is 16.8 Å². The molecule has 8 nitrogen and oxygen atoms in total. The number of aliphatic hydroxyl groups is 1. The first-order valence-electron chi connectivity index (χ1n) is 5.73. The molecule has 19 heavy (non-hydrogen) atoms. The van der Waals surface area contributed by atoms with Crippen LogP contribution in [0, 0.1) is 0 Å². The molecular weight excluding hydrogens is 298 g/mol. The van der Waals surface area contributed by atoms with Crippen molar-refractivity contribution >= 4 is 25.8 Å². The Balaban J connectivity index is 2.73. The van der Waals surface area contributed by atoms with Gasteiger partial charge in [-0.3, -0.25) is 4.79 Å². The number of sulfonamides is 1. The molecule has 1 saturated heterocycles. The van der Waals surface area contributed by atoms with Crippen LogP contribution in [-0.4, -0.2) is 62.4 Å². The largest absolute Gasteiger partial charge is 0.480 e. The van der Waals surface area contributed by atoms with Crippen molar-refractivity contribution in [1.82, 2.24) is 4.72 Å². The van der Waals surface area contributed by atoms with Crippen LogP contribution in [0.4, 0.5) is 0 Å². The Hall–Kier alpha value is -0.710. The Morgan fingerprint density at radius 1 is 1.32 bits per heavy atom. The van der Waals surface area contributed by atoms with Crippen molar-refractivity contribution in [2.75, 3.05) is 18.1 Å². The molecule has 0 aromatic heterocycles. The summed E-state index contributed by atoms with van der Waals surface area (Å²) in [6.07, 6.45) is -0.314. The SMILES string of the molecule is O=C(O)C(CCO)NS(=O)(=O)C1CCS(=O)(=O)CC1. The Morgan fingerprint density at radius 3 is 2.26 bits per heavy atom. The highest BCUT2D eigenvalue weighted by molar-refractivity contribution is 7.92. The first-order valence-corrected chi connectivity index (χ1v) is 9.10. The van der Waals surface area contributed by atoms with Crippen LogP contribution in [0.25, 0.3) is 0 Å². The number of hydrogen-bond acceptors (Lipinski definition) is 6. The summed E-state index contributed by atoms with van der Waals surface area (Å²) in [6, 6.07) is -1.39. The van der Waals surface area contributed by atoms with Crippen molar-refractivity contribution in [3.8, 4) is 0 Å². The van der Waals surface area contributed by atoms with Crippen molar-refractivity contribution in [3.05, 3.63) is 0 Å². The molecule has 1 unspecified atom stereocenters. The van der Waals surface area contributed by atoms with E-state index in [0.29, 0.717) is 0 Å². The maximum atomic E-state index is 11.9. The lowest BCUT2D eigenvalue weighted by Gasteiger charge is -2.24. The molecule has 0 amide bonds. The Labute approximate surface area is 111 Å². The van der Waals surface area contributed by atoms with Crippen LogP contribution < -0.4 is 4.72 Å².